The molecule has 2 heterocycles. The maximum absolute atomic E-state index is 12.8. The van der Waals surface area contributed by atoms with E-state index in [4.69, 9.17) is 0 Å². The number of rotatable bonds is 3. The fourth-order valence-corrected chi connectivity index (χ4v) is 3.08. The minimum Gasteiger partial charge on any atom is -0.360 e. The maximum atomic E-state index is 12.8. The number of aromatic amines is 1. The van der Waals surface area contributed by atoms with Gasteiger partial charge in [-0.05, 0) is 37.3 Å². The highest BCUT2D eigenvalue weighted by molar-refractivity contribution is 6.05. The Hall–Kier alpha value is -4.13. The number of hydrazine groups is 1. The number of aryl methyl sites for hydroxylation is 1. The average Bonchev–Trinajstić information content (AvgIpc) is 3.17. The summed E-state index contributed by atoms with van der Waals surface area (Å²) in [5.41, 5.74) is 8.90. The third-order valence-corrected chi connectivity index (χ3v) is 4.44. The van der Waals surface area contributed by atoms with E-state index in [0.29, 0.717) is 16.9 Å². The van der Waals surface area contributed by atoms with Crippen LogP contribution in [0.5, 0.6) is 0 Å². The molecule has 2 aromatic carbocycles. The molecule has 0 saturated heterocycles. The Bertz CT molecular complexity index is 1180. The largest absolute Gasteiger partial charge is 0.360 e. The molecule has 0 spiro atoms. The van der Waals surface area contributed by atoms with Gasteiger partial charge in [0.15, 0.2) is 0 Å². The number of carbonyl (C=O) groups excluding carboxylic acids is 2. The third-order valence-electron chi connectivity index (χ3n) is 4.44. The number of carbonyl (C=O) groups is 2. The van der Waals surface area contributed by atoms with E-state index >= 15 is 0 Å². The number of nitrogens with one attached hydrogen (secondary N) is 4. The molecule has 2 aromatic heterocycles. The lowest BCUT2D eigenvalue weighted by Gasteiger charge is -2.12. The number of H-pyrrole nitrogens is 1. The summed E-state index contributed by atoms with van der Waals surface area (Å²) in [5.74, 6) is -0.457. The van der Waals surface area contributed by atoms with Crippen LogP contribution in [-0.2, 0) is 0 Å². The van der Waals surface area contributed by atoms with Gasteiger partial charge in [0.2, 0.25) is 0 Å². The van der Waals surface area contributed by atoms with Crippen molar-refractivity contribution in [1.82, 2.24) is 20.8 Å². The summed E-state index contributed by atoms with van der Waals surface area (Å²) >= 11 is 0. The lowest BCUT2D eigenvalue weighted by molar-refractivity contribution is 0.0938. The Balaban J connectivity index is 1.55. The molecule has 0 saturated carbocycles. The number of hydrogen-bond acceptors (Lipinski definition) is 3. The summed E-state index contributed by atoms with van der Waals surface area (Å²) in [6.45, 7) is 1.87. The fraction of sp³-hybridized carbons (Fsp3) is 0.0455. The van der Waals surface area contributed by atoms with Gasteiger partial charge in [0.25, 0.3) is 5.91 Å². The van der Waals surface area contributed by atoms with Crippen LogP contribution < -0.4 is 16.2 Å². The van der Waals surface area contributed by atoms with Gasteiger partial charge in [-0.25, -0.2) is 10.2 Å². The smallest absolute Gasteiger partial charge is 0.337 e. The van der Waals surface area contributed by atoms with Crippen LogP contribution in [0, 0.1) is 6.92 Å². The van der Waals surface area contributed by atoms with Crippen LogP contribution in [0.25, 0.3) is 22.2 Å². The molecule has 0 fully saturated rings. The number of para-hydroxylation sites is 2. The molecule has 3 amide bonds. The van der Waals surface area contributed by atoms with E-state index in [1.54, 1.807) is 36.4 Å². The van der Waals surface area contributed by atoms with Gasteiger partial charge in [-0.15, -0.1) is 0 Å². The monoisotopic (exact) mass is 385 g/mol. The Morgan fingerprint density at radius 1 is 0.897 bits per heavy atom. The highest BCUT2D eigenvalue weighted by Gasteiger charge is 2.18. The summed E-state index contributed by atoms with van der Waals surface area (Å²) in [6.07, 6.45) is 1.83. The van der Waals surface area contributed by atoms with Crippen molar-refractivity contribution < 1.29 is 9.59 Å². The predicted molar refractivity (Wildman–Crippen MR) is 112 cm³/mol. The zero-order chi connectivity index (χ0) is 20.2. The molecule has 7 heteroatoms. The molecule has 4 rings (SSSR count). The van der Waals surface area contributed by atoms with Gasteiger partial charge >= 0.3 is 6.03 Å². The summed E-state index contributed by atoms with van der Waals surface area (Å²) in [5, 5.41) is 3.61. The van der Waals surface area contributed by atoms with Gasteiger partial charge in [-0.2, -0.15) is 0 Å². The van der Waals surface area contributed by atoms with Gasteiger partial charge in [0.05, 0.1) is 11.3 Å². The second-order valence-corrected chi connectivity index (χ2v) is 6.50. The van der Waals surface area contributed by atoms with Crippen molar-refractivity contribution in [3.05, 3.63) is 84.2 Å². The number of pyridine rings is 1. The summed E-state index contributed by atoms with van der Waals surface area (Å²) in [7, 11) is 0. The molecule has 0 aliphatic carbocycles. The number of fused-ring (bicyclic) bond motifs is 1. The fourth-order valence-electron chi connectivity index (χ4n) is 3.08. The molecular weight excluding hydrogens is 366 g/mol. The molecular formula is C22H19N5O2. The zero-order valence-corrected chi connectivity index (χ0v) is 15.7. The summed E-state index contributed by atoms with van der Waals surface area (Å²) < 4.78 is 0. The van der Waals surface area contributed by atoms with Crippen LogP contribution in [-0.4, -0.2) is 21.9 Å². The number of anilines is 1. The number of amides is 3. The van der Waals surface area contributed by atoms with Crippen molar-refractivity contribution in [1.29, 1.82) is 0 Å². The third kappa shape index (κ3) is 3.93. The van der Waals surface area contributed by atoms with Crippen LogP contribution in [0.2, 0.25) is 0 Å². The number of hydrogen-bond donors (Lipinski definition) is 4. The van der Waals surface area contributed by atoms with Crippen LogP contribution in [0.4, 0.5) is 10.5 Å². The minimum absolute atomic E-state index is 0.361. The number of nitrogens with zero attached hydrogens (tertiary/aromatic N) is 1. The highest BCUT2D eigenvalue weighted by Crippen LogP contribution is 2.29. The SMILES string of the molecule is Cc1ccc(C(=O)NNC(=O)Nc2ccccc2)c(-c2c[nH]c3ccccc23)n1. The van der Waals surface area contributed by atoms with E-state index in [1.165, 1.54) is 0 Å². The van der Waals surface area contributed by atoms with Crippen molar-refractivity contribution in [2.75, 3.05) is 5.32 Å². The van der Waals surface area contributed by atoms with Gasteiger partial charge < -0.3 is 10.3 Å². The van der Waals surface area contributed by atoms with Gasteiger partial charge in [0.1, 0.15) is 0 Å². The number of aromatic nitrogens is 2. The first-order valence-electron chi connectivity index (χ1n) is 9.08. The van der Waals surface area contributed by atoms with Gasteiger partial charge in [-0.1, -0.05) is 36.4 Å². The standard InChI is InChI=1S/C22H19N5O2/c1-14-11-12-17(20(24-14)18-13-23-19-10-6-5-9-16(18)19)21(28)26-27-22(29)25-15-7-3-2-4-8-15/h2-13,23H,1H3,(H,26,28)(H2,25,27,29). The molecule has 0 aliphatic rings. The summed E-state index contributed by atoms with van der Waals surface area (Å²) in [4.78, 5) is 32.6. The molecule has 0 bridgehead atoms. The predicted octanol–water partition coefficient (Wildman–Crippen LogP) is 4.00. The second kappa shape index (κ2) is 7.85. The Labute approximate surface area is 167 Å². The minimum atomic E-state index is -0.543. The first kappa shape index (κ1) is 18.2. The summed E-state index contributed by atoms with van der Waals surface area (Å²) in [6, 6.07) is 19.7. The molecule has 0 atom stereocenters. The van der Waals surface area contributed by atoms with E-state index in [9.17, 15) is 9.59 Å². The Kier molecular flexibility index (Phi) is 4.94. The highest BCUT2D eigenvalue weighted by atomic mass is 16.2. The Morgan fingerprint density at radius 2 is 1.66 bits per heavy atom. The molecule has 7 nitrogen and oxygen atoms in total. The number of benzene rings is 2. The molecule has 0 unspecified atom stereocenters. The zero-order valence-electron chi connectivity index (χ0n) is 15.7. The van der Waals surface area contributed by atoms with Gasteiger partial charge in [-0.3, -0.25) is 15.2 Å². The molecule has 0 radical (unpaired) electrons. The van der Waals surface area contributed by atoms with Crippen LogP contribution in [0.3, 0.4) is 0 Å². The van der Waals surface area contributed by atoms with E-state index in [-0.39, 0.29) is 0 Å². The van der Waals surface area contributed by atoms with Gasteiger partial charge in [0, 0.05) is 34.0 Å². The average molecular weight is 385 g/mol. The molecule has 144 valence electrons. The van der Waals surface area contributed by atoms with E-state index in [0.717, 1.165) is 22.2 Å². The van der Waals surface area contributed by atoms with E-state index in [2.05, 4.69) is 26.1 Å². The first-order chi connectivity index (χ1) is 14.1. The lowest BCUT2D eigenvalue weighted by Crippen LogP contribution is -2.44. The van der Waals surface area contributed by atoms with Crippen molar-refractivity contribution in [3.63, 3.8) is 0 Å². The van der Waals surface area contributed by atoms with Crippen molar-refractivity contribution >= 4 is 28.5 Å². The van der Waals surface area contributed by atoms with Crippen LogP contribution >= 0.6 is 0 Å². The van der Waals surface area contributed by atoms with E-state index < -0.39 is 11.9 Å². The molecule has 4 N–H and O–H groups in total. The lowest BCUT2D eigenvalue weighted by atomic mass is 10.0. The second-order valence-electron chi connectivity index (χ2n) is 6.50. The topological polar surface area (TPSA) is 98.9 Å². The van der Waals surface area contributed by atoms with Crippen molar-refractivity contribution in [2.45, 2.75) is 6.92 Å². The van der Waals surface area contributed by atoms with Crippen LogP contribution in [0.15, 0.2) is 72.9 Å². The normalized spacial score (nSPS) is 10.5. The Morgan fingerprint density at radius 3 is 2.48 bits per heavy atom. The number of urea groups is 1. The van der Waals surface area contributed by atoms with Crippen molar-refractivity contribution in [3.8, 4) is 11.3 Å². The first-order valence-corrected chi connectivity index (χ1v) is 9.08. The molecule has 29 heavy (non-hydrogen) atoms. The van der Waals surface area contributed by atoms with Crippen molar-refractivity contribution in [2.24, 2.45) is 0 Å². The molecule has 4 aromatic rings. The molecule has 0 aliphatic heterocycles. The quantitative estimate of drug-likeness (QED) is 0.401. The van der Waals surface area contributed by atoms with E-state index in [1.807, 2.05) is 43.5 Å². The maximum Gasteiger partial charge on any atom is 0.337 e. The van der Waals surface area contributed by atoms with Crippen LogP contribution in [0.1, 0.15) is 16.1 Å².